The summed E-state index contributed by atoms with van der Waals surface area (Å²) >= 11 is 0. The first kappa shape index (κ1) is 15.5. The van der Waals surface area contributed by atoms with Gasteiger partial charge in [-0.2, -0.15) is 0 Å². The van der Waals surface area contributed by atoms with Crippen molar-refractivity contribution in [1.29, 1.82) is 0 Å². The summed E-state index contributed by atoms with van der Waals surface area (Å²) in [4.78, 5) is 11.8. The van der Waals surface area contributed by atoms with E-state index in [9.17, 15) is 4.79 Å². The summed E-state index contributed by atoms with van der Waals surface area (Å²) in [5.41, 5.74) is 1.06. The fourth-order valence-corrected chi connectivity index (χ4v) is 1.66. The molecule has 1 atom stereocenters. The number of hydrogen-bond donors (Lipinski definition) is 1. The van der Waals surface area contributed by atoms with Crippen LogP contribution in [0.2, 0.25) is 0 Å². The third kappa shape index (κ3) is 5.30. The number of para-hydroxylation sites is 1. The fourth-order valence-electron chi connectivity index (χ4n) is 1.66. The van der Waals surface area contributed by atoms with Gasteiger partial charge in [0.2, 0.25) is 0 Å². The smallest absolute Gasteiger partial charge is 0.326 e. The average molecular weight is 265 g/mol. The van der Waals surface area contributed by atoms with Crippen molar-refractivity contribution in [2.75, 3.05) is 19.8 Å². The zero-order chi connectivity index (χ0) is 14.1. The van der Waals surface area contributed by atoms with E-state index in [1.807, 2.05) is 31.2 Å². The average Bonchev–Trinajstić information content (AvgIpc) is 2.41. The van der Waals surface area contributed by atoms with Gasteiger partial charge in [0.1, 0.15) is 18.4 Å². The van der Waals surface area contributed by atoms with E-state index in [-0.39, 0.29) is 12.6 Å². The summed E-state index contributed by atoms with van der Waals surface area (Å²) < 4.78 is 10.7. The minimum absolute atomic E-state index is 0.260. The minimum Gasteiger partial charge on any atom is -0.491 e. The quantitative estimate of drug-likeness (QED) is 0.733. The molecule has 0 heterocycles. The zero-order valence-electron chi connectivity index (χ0n) is 11.9. The molecule has 1 rings (SSSR count). The lowest BCUT2D eigenvalue weighted by molar-refractivity contribution is -0.146. The van der Waals surface area contributed by atoms with E-state index >= 15 is 0 Å². The summed E-state index contributed by atoms with van der Waals surface area (Å²) in [6, 6.07) is 7.34. The summed E-state index contributed by atoms with van der Waals surface area (Å²) in [6.07, 6.45) is 0.959. The first-order valence-electron chi connectivity index (χ1n) is 6.77. The van der Waals surface area contributed by atoms with Crippen LogP contribution in [0.4, 0.5) is 0 Å². The highest BCUT2D eigenvalue weighted by molar-refractivity contribution is 5.76. The highest BCUT2D eigenvalue weighted by atomic mass is 16.5. The lowest BCUT2D eigenvalue weighted by atomic mass is 10.2. The fraction of sp³-hybridized carbons (Fsp3) is 0.533. The van der Waals surface area contributed by atoms with Gasteiger partial charge in [0.15, 0.2) is 0 Å². The third-order valence-corrected chi connectivity index (χ3v) is 2.71. The topological polar surface area (TPSA) is 47.6 Å². The van der Waals surface area contributed by atoms with Gasteiger partial charge in [0.05, 0.1) is 6.61 Å². The van der Waals surface area contributed by atoms with Gasteiger partial charge < -0.3 is 14.8 Å². The molecule has 0 radical (unpaired) electrons. The Morgan fingerprint density at radius 1 is 1.32 bits per heavy atom. The van der Waals surface area contributed by atoms with Crippen LogP contribution in [0.5, 0.6) is 5.75 Å². The molecule has 1 aromatic carbocycles. The molecular weight excluding hydrogens is 242 g/mol. The van der Waals surface area contributed by atoms with Crippen LogP contribution in [0, 0.1) is 6.92 Å². The van der Waals surface area contributed by atoms with Crippen LogP contribution in [-0.4, -0.2) is 31.8 Å². The van der Waals surface area contributed by atoms with E-state index in [4.69, 9.17) is 9.47 Å². The summed E-state index contributed by atoms with van der Waals surface area (Å²) in [7, 11) is 0. The maximum absolute atomic E-state index is 11.8. The highest BCUT2D eigenvalue weighted by Gasteiger charge is 2.19. The molecular formula is C15H23NO3. The van der Waals surface area contributed by atoms with Crippen molar-refractivity contribution in [3.63, 3.8) is 0 Å². The van der Waals surface area contributed by atoms with Gasteiger partial charge in [-0.1, -0.05) is 25.1 Å². The van der Waals surface area contributed by atoms with Crippen molar-refractivity contribution in [3.05, 3.63) is 29.8 Å². The normalized spacial score (nSPS) is 11.9. The summed E-state index contributed by atoms with van der Waals surface area (Å²) in [5.74, 6) is 0.541. The van der Waals surface area contributed by atoms with Crippen LogP contribution in [0.25, 0.3) is 0 Å². The number of ether oxygens (including phenoxy) is 2. The monoisotopic (exact) mass is 265 g/mol. The third-order valence-electron chi connectivity index (χ3n) is 2.71. The van der Waals surface area contributed by atoms with E-state index in [1.165, 1.54) is 0 Å². The van der Waals surface area contributed by atoms with Gasteiger partial charge in [0.25, 0.3) is 0 Å². The molecule has 4 heteroatoms. The molecule has 0 aliphatic rings. The van der Waals surface area contributed by atoms with Gasteiger partial charge in [0, 0.05) is 0 Å². The number of nitrogens with one attached hydrogen (secondary N) is 1. The molecule has 0 saturated carbocycles. The first-order chi connectivity index (χ1) is 9.19. The molecule has 0 spiro atoms. The number of aryl methyl sites for hydroxylation is 1. The molecule has 0 aliphatic carbocycles. The molecule has 1 N–H and O–H groups in total. The van der Waals surface area contributed by atoms with Crippen LogP contribution < -0.4 is 10.1 Å². The lowest BCUT2D eigenvalue weighted by Gasteiger charge is -2.18. The largest absolute Gasteiger partial charge is 0.491 e. The van der Waals surface area contributed by atoms with Crippen LogP contribution in [0.15, 0.2) is 24.3 Å². The Hall–Kier alpha value is -1.55. The number of carbonyl (C=O) groups excluding carboxylic acids is 1. The zero-order valence-corrected chi connectivity index (χ0v) is 11.9. The second kappa shape index (κ2) is 8.53. The van der Waals surface area contributed by atoms with Crippen LogP contribution >= 0.6 is 0 Å². The van der Waals surface area contributed by atoms with E-state index in [0.29, 0.717) is 6.61 Å². The Morgan fingerprint density at radius 3 is 2.68 bits per heavy atom. The summed E-state index contributed by atoms with van der Waals surface area (Å²) in [6.45, 7) is 7.26. The highest BCUT2D eigenvalue weighted by Crippen LogP contribution is 2.16. The van der Waals surface area contributed by atoms with Crippen molar-refractivity contribution >= 4 is 5.97 Å². The molecule has 19 heavy (non-hydrogen) atoms. The van der Waals surface area contributed by atoms with Gasteiger partial charge in [-0.3, -0.25) is 4.79 Å². The maximum atomic E-state index is 11.8. The lowest BCUT2D eigenvalue weighted by Crippen LogP contribution is -2.43. The van der Waals surface area contributed by atoms with Crippen molar-refractivity contribution in [2.45, 2.75) is 33.2 Å². The van der Waals surface area contributed by atoms with E-state index in [1.54, 1.807) is 6.92 Å². The van der Waals surface area contributed by atoms with E-state index < -0.39 is 6.04 Å². The molecule has 106 valence electrons. The minimum atomic E-state index is -0.417. The number of hydrogen-bond acceptors (Lipinski definition) is 4. The Kier molecular flexibility index (Phi) is 6.97. The van der Waals surface area contributed by atoms with Crippen LogP contribution in [0.1, 0.15) is 25.8 Å². The molecule has 0 amide bonds. The Bertz CT molecular complexity index is 393. The summed E-state index contributed by atoms with van der Waals surface area (Å²) in [5, 5.41) is 3.14. The predicted octanol–water partition coefficient (Wildman–Crippen LogP) is 2.31. The molecule has 0 fully saturated rings. The Labute approximate surface area is 115 Å². The Balaban J connectivity index is 2.57. The second-order valence-corrected chi connectivity index (χ2v) is 4.34. The number of benzene rings is 1. The maximum Gasteiger partial charge on any atom is 0.326 e. The predicted molar refractivity (Wildman–Crippen MR) is 75.4 cm³/mol. The molecule has 0 aliphatic heterocycles. The van der Waals surface area contributed by atoms with Gasteiger partial charge in [-0.15, -0.1) is 0 Å². The first-order valence-corrected chi connectivity index (χ1v) is 6.77. The van der Waals surface area contributed by atoms with Crippen LogP contribution in [-0.2, 0) is 9.53 Å². The van der Waals surface area contributed by atoms with Crippen molar-refractivity contribution in [3.8, 4) is 5.75 Å². The van der Waals surface area contributed by atoms with Crippen molar-refractivity contribution in [1.82, 2.24) is 5.32 Å². The van der Waals surface area contributed by atoms with Crippen molar-refractivity contribution < 1.29 is 14.3 Å². The molecule has 4 nitrogen and oxygen atoms in total. The second-order valence-electron chi connectivity index (χ2n) is 4.34. The number of carbonyl (C=O) groups is 1. The molecule has 1 unspecified atom stereocenters. The van der Waals surface area contributed by atoms with Gasteiger partial charge >= 0.3 is 5.97 Å². The molecule has 0 aromatic heterocycles. The van der Waals surface area contributed by atoms with E-state index in [0.717, 1.165) is 24.3 Å². The number of esters is 1. The molecule has 0 bridgehead atoms. The van der Waals surface area contributed by atoms with Crippen molar-refractivity contribution in [2.24, 2.45) is 0 Å². The van der Waals surface area contributed by atoms with E-state index in [2.05, 4.69) is 12.2 Å². The van der Waals surface area contributed by atoms with Gasteiger partial charge in [-0.25, -0.2) is 0 Å². The number of rotatable bonds is 8. The standard InChI is InChI=1S/C15H23NO3/c1-4-10-16-13(15(17)18-5-2)11-19-14-9-7-6-8-12(14)3/h6-9,13,16H,4-5,10-11H2,1-3H3. The molecule has 1 aromatic rings. The molecule has 0 saturated heterocycles. The Morgan fingerprint density at radius 2 is 2.05 bits per heavy atom. The SMILES string of the molecule is CCCNC(COc1ccccc1C)C(=O)OCC. The van der Waals surface area contributed by atoms with Crippen LogP contribution in [0.3, 0.4) is 0 Å². The van der Waals surface area contributed by atoms with Gasteiger partial charge in [-0.05, 0) is 38.4 Å².